The number of ether oxygens (including phenoxy) is 2. The van der Waals surface area contributed by atoms with E-state index >= 15 is 0 Å². The first kappa shape index (κ1) is 18.9. The van der Waals surface area contributed by atoms with E-state index in [1.807, 2.05) is 20.8 Å². The van der Waals surface area contributed by atoms with Crippen LogP contribution in [0, 0.1) is 5.92 Å². The Morgan fingerprint density at radius 3 is 2.81 bits per heavy atom. The van der Waals surface area contributed by atoms with Gasteiger partial charge >= 0.3 is 0 Å². The van der Waals surface area contributed by atoms with Gasteiger partial charge in [-0.1, -0.05) is 6.92 Å². The van der Waals surface area contributed by atoms with E-state index in [4.69, 9.17) is 15.2 Å². The number of nitrogens with two attached hydrogens (primary N) is 1. The zero-order valence-corrected chi connectivity index (χ0v) is 15.8. The van der Waals surface area contributed by atoms with E-state index < -0.39 is 5.91 Å². The highest BCUT2D eigenvalue weighted by Crippen LogP contribution is 2.31. The molecule has 27 heavy (non-hydrogen) atoms. The summed E-state index contributed by atoms with van der Waals surface area (Å²) >= 11 is 0. The van der Waals surface area contributed by atoms with Crippen LogP contribution >= 0.6 is 0 Å². The zero-order chi connectivity index (χ0) is 19.6. The Morgan fingerprint density at radius 2 is 2.19 bits per heavy atom. The maximum atomic E-state index is 11.8. The van der Waals surface area contributed by atoms with Crippen LogP contribution in [0.5, 0.6) is 11.6 Å². The number of pyridine rings is 1. The van der Waals surface area contributed by atoms with Crippen LogP contribution in [-0.2, 0) is 4.79 Å². The highest BCUT2D eigenvalue weighted by Gasteiger charge is 2.31. The van der Waals surface area contributed by atoms with Crippen molar-refractivity contribution in [1.29, 1.82) is 0 Å². The summed E-state index contributed by atoms with van der Waals surface area (Å²) < 4.78 is 11.7. The van der Waals surface area contributed by atoms with Gasteiger partial charge in [-0.15, -0.1) is 0 Å². The van der Waals surface area contributed by atoms with Gasteiger partial charge in [0.05, 0.1) is 17.7 Å². The fraction of sp³-hybridized carbons (Fsp3) is 0.450. The largest absolute Gasteiger partial charge is 0.490 e. The van der Waals surface area contributed by atoms with Crippen molar-refractivity contribution in [3.63, 3.8) is 0 Å². The number of amides is 2. The van der Waals surface area contributed by atoms with E-state index in [1.165, 1.54) is 0 Å². The van der Waals surface area contributed by atoms with Crippen molar-refractivity contribution in [2.45, 2.75) is 45.8 Å². The van der Waals surface area contributed by atoms with E-state index in [0.29, 0.717) is 23.8 Å². The Hall–Kier alpha value is -2.83. The van der Waals surface area contributed by atoms with Gasteiger partial charge in [0, 0.05) is 17.5 Å². The molecule has 1 aromatic heterocycles. The number of nitrogens with one attached hydrogen (secondary N) is 1. The van der Waals surface area contributed by atoms with Crippen molar-refractivity contribution in [3.8, 4) is 11.6 Å². The van der Waals surface area contributed by atoms with Gasteiger partial charge in [0.2, 0.25) is 11.8 Å². The number of rotatable bonds is 7. The first-order valence-electron chi connectivity index (χ1n) is 9.21. The number of aromatic nitrogens is 1. The smallest absolute Gasteiger partial charge is 0.252 e. The SMILES string of the molecule is CCC1CC(COc2nccc3cc(C(N)=O)c(OC(C)C)cc23)NC1=O. The number of carbonyl (C=O) groups excluding carboxylic acids is 2. The first-order valence-corrected chi connectivity index (χ1v) is 9.21. The summed E-state index contributed by atoms with van der Waals surface area (Å²) in [6.45, 7) is 6.10. The number of nitrogens with zero attached hydrogens (tertiary/aromatic N) is 1. The van der Waals surface area contributed by atoms with Gasteiger partial charge in [-0.05, 0) is 50.3 Å². The molecule has 2 unspecified atom stereocenters. The lowest BCUT2D eigenvalue weighted by molar-refractivity contribution is -0.122. The second-order valence-corrected chi connectivity index (χ2v) is 7.07. The zero-order valence-electron chi connectivity index (χ0n) is 15.8. The molecule has 7 nitrogen and oxygen atoms in total. The fourth-order valence-corrected chi connectivity index (χ4v) is 3.30. The third-order valence-electron chi connectivity index (χ3n) is 4.66. The lowest BCUT2D eigenvalue weighted by Gasteiger charge is -2.16. The molecule has 0 saturated carbocycles. The van der Waals surface area contributed by atoms with E-state index in [1.54, 1.807) is 24.4 Å². The molecular formula is C20H25N3O4. The molecule has 0 aliphatic carbocycles. The topological polar surface area (TPSA) is 104 Å². The molecule has 2 amide bonds. The van der Waals surface area contributed by atoms with Crippen LogP contribution in [0.25, 0.3) is 10.8 Å². The molecule has 1 aromatic carbocycles. The summed E-state index contributed by atoms with van der Waals surface area (Å²) in [6, 6.07) is 5.18. The monoisotopic (exact) mass is 371 g/mol. The normalized spacial score (nSPS) is 19.3. The lowest BCUT2D eigenvalue weighted by atomic mass is 10.0. The molecule has 0 bridgehead atoms. The molecule has 1 fully saturated rings. The first-order chi connectivity index (χ1) is 12.9. The summed E-state index contributed by atoms with van der Waals surface area (Å²) in [4.78, 5) is 27.9. The second kappa shape index (κ2) is 7.82. The van der Waals surface area contributed by atoms with Crippen LogP contribution in [0.3, 0.4) is 0 Å². The van der Waals surface area contributed by atoms with Gasteiger partial charge < -0.3 is 20.5 Å². The molecule has 1 saturated heterocycles. The van der Waals surface area contributed by atoms with Crippen molar-refractivity contribution in [2.75, 3.05) is 6.61 Å². The molecule has 2 heterocycles. The minimum atomic E-state index is -0.550. The van der Waals surface area contributed by atoms with Gasteiger partial charge in [0.25, 0.3) is 5.91 Å². The number of hydrogen-bond acceptors (Lipinski definition) is 5. The lowest BCUT2D eigenvalue weighted by Crippen LogP contribution is -2.31. The maximum absolute atomic E-state index is 11.8. The van der Waals surface area contributed by atoms with Crippen LogP contribution in [-0.4, -0.2) is 35.6 Å². The Morgan fingerprint density at radius 1 is 1.41 bits per heavy atom. The Kier molecular flexibility index (Phi) is 5.48. The highest BCUT2D eigenvalue weighted by atomic mass is 16.5. The molecule has 0 spiro atoms. The Balaban J connectivity index is 1.87. The predicted octanol–water partition coefficient (Wildman–Crippen LogP) is 2.41. The van der Waals surface area contributed by atoms with Crippen molar-refractivity contribution in [2.24, 2.45) is 11.7 Å². The Bertz CT molecular complexity index is 866. The minimum Gasteiger partial charge on any atom is -0.490 e. The second-order valence-electron chi connectivity index (χ2n) is 7.07. The number of carbonyl (C=O) groups is 2. The average molecular weight is 371 g/mol. The van der Waals surface area contributed by atoms with Gasteiger partial charge in [0.15, 0.2) is 0 Å². The Labute approximate surface area is 158 Å². The fourth-order valence-electron chi connectivity index (χ4n) is 3.30. The molecule has 2 aromatic rings. The van der Waals surface area contributed by atoms with Crippen molar-refractivity contribution in [3.05, 3.63) is 30.0 Å². The third kappa shape index (κ3) is 4.13. The van der Waals surface area contributed by atoms with Gasteiger partial charge in [-0.25, -0.2) is 4.98 Å². The van der Waals surface area contributed by atoms with Crippen molar-refractivity contribution < 1.29 is 19.1 Å². The van der Waals surface area contributed by atoms with E-state index in [2.05, 4.69) is 10.3 Å². The summed E-state index contributed by atoms with van der Waals surface area (Å²) in [7, 11) is 0. The highest BCUT2D eigenvalue weighted by molar-refractivity contribution is 6.01. The average Bonchev–Trinajstić information content (AvgIpc) is 2.98. The molecular weight excluding hydrogens is 346 g/mol. The summed E-state index contributed by atoms with van der Waals surface area (Å²) in [5.41, 5.74) is 5.82. The van der Waals surface area contributed by atoms with Crippen LogP contribution < -0.4 is 20.5 Å². The molecule has 1 aliphatic heterocycles. The molecule has 144 valence electrons. The van der Waals surface area contributed by atoms with Crippen LogP contribution in [0.15, 0.2) is 24.4 Å². The summed E-state index contributed by atoms with van der Waals surface area (Å²) in [5, 5.41) is 4.47. The predicted molar refractivity (Wildman–Crippen MR) is 102 cm³/mol. The number of hydrogen-bond donors (Lipinski definition) is 2. The molecule has 7 heteroatoms. The maximum Gasteiger partial charge on any atom is 0.252 e. The number of fused-ring (bicyclic) bond motifs is 1. The van der Waals surface area contributed by atoms with E-state index in [9.17, 15) is 9.59 Å². The molecule has 0 radical (unpaired) electrons. The van der Waals surface area contributed by atoms with Gasteiger partial charge in [-0.2, -0.15) is 0 Å². The molecule has 3 rings (SSSR count). The van der Waals surface area contributed by atoms with Crippen LogP contribution in [0.2, 0.25) is 0 Å². The molecule has 1 aliphatic rings. The van der Waals surface area contributed by atoms with E-state index in [0.717, 1.165) is 23.6 Å². The van der Waals surface area contributed by atoms with Crippen molar-refractivity contribution in [1.82, 2.24) is 10.3 Å². The standard InChI is InChI=1S/C20H25N3O4/c1-4-12-7-14(23-19(12)25)10-26-20-15-9-17(27-11(2)3)16(18(21)24)8-13(15)5-6-22-20/h5-6,8-9,11-12,14H,4,7,10H2,1-3H3,(H2,21,24)(H,23,25). The summed E-state index contributed by atoms with van der Waals surface area (Å²) in [6.07, 6.45) is 3.09. The van der Waals surface area contributed by atoms with Crippen molar-refractivity contribution >= 4 is 22.6 Å². The van der Waals surface area contributed by atoms with E-state index in [-0.39, 0.29) is 24.0 Å². The number of primary amides is 1. The summed E-state index contributed by atoms with van der Waals surface area (Å²) in [5.74, 6) is 0.416. The third-order valence-corrected chi connectivity index (χ3v) is 4.66. The quantitative estimate of drug-likeness (QED) is 0.778. The minimum absolute atomic E-state index is 0.0317. The van der Waals surface area contributed by atoms with Crippen LogP contribution in [0.4, 0.5) is 0 Å². The van der Waals surface area contributed by atoms with Gasteiger partial charge in [-0.3, -0.25) is 9.59 Å². The number of benzene rings is 1. The molecule has 3 N–H and O–H groups in total. The van der Waals surface area contributed by atoms with Crippen LogP contribution in [0.1, 0.15) is 44.0 Å². The molecule has 2 atom stereocenters. The van der Waals surface area contributed by atoms with Gasteiger partial charge in [0.1, 0.15) is 12.4 Å².